The molecule has 0 radical (unpaired) electrons. The van der Waals surface area contributed by atoms with E-state index in [-0.39, 0.29) is 5.91 Å². The van der Waals surface area contributed by atoms with Crippen molar-refractivity contribution in [3.05, 3.63) is 22.8 Å². The molecule has 3 nitrogen and oxygen atoms in total. The van der Waals surface area contributed by atoms with Gasteiger partial charge >= 0.3 is 0 Å². The van der Waals surface area contributed by atoms with Crippen LogP contribution in [0.15, 0.2) is 12.1 Å². The quantitative estimate of drug-likeness (QED) is 0.455. The van der Waals surface area contributed by atoms with E-state index in [0.717, 1.165) is 5.69 Å². The molecule has 0 bridgehead atoms. The zero-order valence-electron chi connectivity index (χ0n) is 7.69. The lowest BCUT2D eigenvalue weighted by Gasteiger charge is -2.08. The number of rotatable bonds is 4. The summed E-state index contributed by atoms with van der Waals surface area (Å²) in [5, 5.41) is 3.17. The number of primary amides is 1. The number of halogens is 3. The van der Waals surface area contributed by atoms with E-state index in [1.165, 1.54) is 10.7 Å². The molecule has 3 N–H and O–H groups in total. The summed E-state index contributed by atoms with van der Waals surface area (Å²) in [5.41, 5.74) is 6.09. The molecule has 0 saturated carbocycles. The smallest absolute Gasteiger partial charge is 0.219 e. The number of nitrogens with two attached hydrogens (primary N) is 1. The van der Waals surface area contributed by atoms with E-state index in [2.05, 4.69) is 85.2 Å². The Labute approximate surface area is 129 Å². The molecular weight excluding hydrogens is 533 g/mol. The maximum atomic E-state index is 10.6. The van der Waals surface area contributed by atoms with Gasteiger partial charge in [-0.05, 0) is 79.9 Å². The maximum absolute atomic E-state index is 10.6. The molecule has 0 aliphatic heterocycles. The number of anilines is 1. The van der Waals surface area contributed by atoms with Crippen molar-refractivity contribution in [2.24, 2.45) is 5.73 Å². The van der Waals surface area contributed by atoms with Gasteiger partial charge in [0.25, 0.3) is 0 Å². The van der Waals surface area contributed by atoms with Crippen molar-refractivity contribution in [1.29, 1.82) is 0 Å². The summed E-state index contributed by atoms with van der Waals surface area (Å²) >= 11 is 6.91. The molecule has 1 amide bonds. The van der Waals surface area contributed by atoms with Gasteiger partial charge < -0.3 is 11.1 Å². The summed E-state index contributed by atoms with van der Waals surface area (Å²) in [6.07, 6.45) is 0.360. The highest BCUT2D eigenvalue weighted by atomic mass is 127. The fourth-order valence-electron chi connectivity index (χ4n) is 0.988. The Balaban J connectivity index is 2.66. The van der Waals surface area contributed by atoms with Crippen LogP contribution in [0.5, 0.6) is 0 Å². The zero-order valence-corrected chi connectivity index (χ0v) is 14.2. The van der Waals surface area contributed by atoms with E-state index in [9.17, 15) is 4.79 Å². The van der Waals surface area contributed by atoms with E-state index in [1.54, 1.807) is 0 Å². The van der Waals surface area contributed by atoms with Gasteiger partial charge in [0.15, 0.2) is 0 Å². The number of hydrogen-bond acceptors (Lipinski definition) is 2. The molecule has 0 heterocycles. The lowest BCUT2D eigenvalue weighted by Crippen LogP contribution is -2.15. The lowest BCUT2D eigenvalue weighted by atomic mass is 10.3. The van der Waals surface area contributed by atoms with Crippen molar-refractivity contribution in [3.63, 3.8) is 0 Å². The summed E-state index contributed by atoms with van der Waals surface area (Å²) < 4.78 is 3.68. The SMILES string of the molecule is NC(=O)CCNc1cc(I)c(I)c(I)c1. The van der Waals surface area contributed by atoms with Crippen molar-refractivity contribution in [2.45, 2.75) is 6.42 Å². The van der Waals surface area contributed by atoms with Crippen molar-refractivity contribution < 1.29 is 4.79 Å². The maximum Gasteiger partial charge on any atom is 0.219 e. The number of nitrogens with one attached hydrogen (secondary N) is 1. The first kappa shape index (κ1) is 13.7. The minimum atomic E-state index is -0.280. The largest absolute Gasteiger partial charge is 0.384 e. The summed E-state index contributed by atoms with van der Waals surface area (Å²) in [4.78, 5) is 10.6. The van der Waals surface area contributed by atoms with Gasteiger partial charge in [0, 0.05) is 29.4 Å². The normalized spacial score (nSPS) is 10.1. The summed E-state index contributed by atoms with van der Waals surface area (Å²) in [6, 6.07) is 4.12. The first-order valence-electron chi connectivity index (χ1n) is 4.17. The summed E-state index contributed by atoms with van der Waals surface area (Å²) in [5.74, 6) is -0.280. The molecule has 1 aromatic carbocycles. The minimum absolute atomic E-state index is 0.280. The van der Waals surface area contributed by atoms with Gasteiger partial charge in [-0.2, -0.15) is 0 Å². The summed E-state index contributed by atoms with van der Waals surface area (Å²) in [7, 11) is 0. The van der Waals surface area contributed by atoms with Gasteiger partial charge in [-0.3, -0.25) is 4.79 Å². The van der Waals surface area contributed by atoms with Crippen LogP contribution in [0.2, 0.25) is 0 Å². The monoisotopic (exact) mass is 542 g/mol. The van der Waals surface area contributed by atoms with Gasteiger partial charge in [0.2, 0.25) is 5.91 Å². The first-order valence-corrected chi connectivity index (χ1v) is 7.41. The molecule has 82 valence electrons. The average molecular weight is 542 g/mol. The van der Waals surface area contributed by atoms with E-state index >= 15 is 0 Å². The van der Waals surface area contributed by atoms with Crippen molar-refractivity contribution in [1.82, 2.24) is 0 Å². The van der Waals surface area contributed by atoms with Gasteiger partial charge in [0.05, 0.1) is 0 Å². The molecule has 0 spiro atoms. The van der Waals surface area contributed by atoms with Crippen molar-refractivity contribution >= 4 is 79.4 Å². The van der Waals surface area contributed by atoms with Crippen molar-refractivity contribution in [2.75, 3.05) is 11.9 Å². The Hall–Kier alpha value is 0.680. The molecule has 1 aromatic rings. The standard InChI is InChI=1S/C9H9I3N2O/c10-6-3-5(4-7(11)9(6)12)14-2-1-8(13)15/h3-4,14H,1-2H2,(H2,13,15). The predicted octanol–water partition coefficient (Wildman–Crippen LogP) is 2.79. The van der Waals surface area contributed by atoms with E-state index in [0.29, 0.717) is 13.0 Å². The first-order chi connectivity index (χ1) is 7.00. The van der Waals surface area contributed by atoms with Crippen LogP contribution < -0.4 is 11.1 Å². The van der Waals surface area contributed by atoms with Crippen LogP contribution in [0.1, 0.15) is 6.42 Å². The molecule has 6 heteroatoms. The third kappa shape index (κ3) is 4.59. The van der Waals surface area contributed by atoms with Gasteiger partial charge in [-0.1, -0.05) is 0 Å². The van der Waals surface area contributed by atoms with Crippen LogP contribution in [-0.4, -0.2) is 12.5 Å². The number of carbonyl (C=O) groups is 1. The number of carbonyl (C=O) groups excluding carboxylic acids is 1. The number of benzene rings is 1. The van der Waals surface area contributed by atoms with E-state index < -0.39 is 0 Å². The van der Waals surface area contributed by atoms with Gasteiger partial charge in [0.1, 0.15) is 0 Å². The second kappa shape index (κ2) is 6.42. The Morgan fingerprint density at radius 1 is 1.27 bits per heavy atom. The van der Waals surface area contributed by atoms with E-state index in [4.69, 9.17) is 5.73 Å². The summed E-state index contributed by atoms with van der Waals surface area (Å²) in [6.45, 7) is 0.585. The van der Waals surface area contributed by atoms with Crippen LogP contribution >= 0.6 is 67.8 Å². The van der Waals surface area contributed by atoms with Crippen LogP contribution in [0.25, 0.3) is 0 Å². The minimum Gasteiger partial charge on any atom is -0.384 e. The van der Waals surface area contributed by atoms with Crippen LogP contribution in [-0.2, 0) is 4.79 Å². The molecule has 0 aliphatic carbocycles. The average Bonchev–Trinajstić information content (AvgIpc) is 2.13. The topological polar surface area (TPSA) is 55.1 Å². The number of amides is 1. The third-order valence-electron chi connectivity index (χ3n) is 1.68. The molecule has 0 atom stereocenters. The molecule has 0 unspecified atom stereocenters. The molecule has 0 saturated heterocycles. The highest BCUT2D eigenvalue weighted by molar-refractivity contribution is 14.1. The molecule has 0 aliphatic rings. The Morgan fingerprint density at radius 2 is 1.80 bits per heavy atom. The third-order valence-corrected chi connectivity index (χ3v) is 6.61. The van der Waals surface area contributed by atoms with Crippen LogP contribution in [0.3, 0.4) is 0 Å². The molecule has 0 aromatic heterocycles. The fraction of sp³-hybridized carbons (Fsp3) is 0.222. The predicted molar refractivity (Wildman–Crippen MR) is 86.9 cm³/mol. The second-order valence-electron chi connectivity index (χ2n) is 2.90. The Morgan fingerprint density at radius 3 is 2.27 bits per heavy atom. The Kier molecular flexibility index (Phi) is 5.89. The second-order valence-corrected chi connectivity index (χ2v) is 6.30. The molecular formula is C9H9I3N2O. The zero-order chi connectivity index (χ0) is 11.4. The molecule has 1 rings (SSSR count). The highest BCUT2D eigenvalue weighted by Crippen LogP contribution is 2.25. The van der Waals surface area contributed by atoms with Gasteiger partial charge in [-0.15, -0.1) is 0 Å². The highest BCUT2D eigenvalue weighted by Gasteiger charge is 2.04. The van der Waals surface area contributed by atoms with E-state index in [1.807, 2.05) is 0 Å². The molecule has 0 fully saturated rings. The fourth-order valence-corrected chi connectivity index (χ4v) is 3.07. The van der Waals surface area contributed by atoms with Crippen LogP contribution in [0, 0.1) is 10.7 Å². The van der Waals surface area contributed by atoms with Gasteiger partial charge in [-0.25, -0.2) is 0 Å². The van der Waals surface area contributed by atoms with Crippen molar-refractivity contribution in [3.8, 4) is 0 Å². The van der Waals surface area contributed by atoms with Crippen LogP contribution in [0.4, 0.5) is 5.69 Å². The lowest BCUT2D eigenvalue weighted by molar-refractivity contribution is -0.117. The number of hydrogen-bond donors (Lipinski definition) is 2. The Bertz CT molecular complexity index is 359. The molecule has 15 heavy (non-hydrogen) atoms.